The van der Waals surface area contributed by atoms with E-state index < -0.39 is 0 Å². The number of pyridine rings is 1. The van der Waals surface area contributed by atoms with Crippen molar-refractivity contribution < 1.29 is 0 Å². The molecule has 2 aromatic rings. The number of anilines is 1. The van der Waals surface area contributed by atoms with Gasteiger partial charge in [0.25, 0.3) is 0 Å². The van der Waals surface area contributed by atoms with Crippen LogP contribution < -0.4 is 5.73 Å². The standard InChI is InChI=1S/C8H8N2S/c1-5-8-6(2-3-11-8)7(9)4-10-5/h2-4H,9H2,1H3. The molecule has 0 unspecified atom stereocenters. The summed E-state index contributed by atoms with van der Waals surface area (Å²) in [6.07, 6.45) is 1.71. The Bertz CT molecular complexity index is 356. The highest BCUT2D eigenvalue weighted by molar-refractivity contribution is 7.17. The summed E-state index contributed by atoms with van der Waals surface area (Å²) in [5, 5.41) is 3.16. The van der Waals surface area contributed by atoms with Crippen molar-refractivity contribution in [2.24, 2.45) is 0 Å². The molecule has 2 heterocycles. The molecule has 3 heteroatoms. The maximum absolute atomic E-state index is 5.71. The molecule has 2 nitrogen and oxygen atoms in total. The molecule has 0 bridgehead atoms. The smallest absolute Gasteiger partial charge is 0.0589 e. The summed E-state index contributed by atoms with van der Waals surface area (Å²) in [6.45, 7) is 2.00. The van der Waals surface area contributed by atoms with Crippen LogP contribution in [0.3, 0.4) is 0 Å². The average molecular weight is 164 g/mol. The third kappa shape index (κ3) is 0.886. The van der Waals surface area contributed by atoms with Crippen molar-refractivity contribution in [2.45, 2.75) is 6.92 Å². The third-order valence-electron chi connectivity index (χ3n) is 1.70. The van der Waals surface area contributed by atoms with Gasteiger partial charge in [-0.1, -0.05) is 0 Å². The van der Waals surface area contributed by atoms with E-state index in [4.69, 9.17) is 5.73 Å². The van der Waals surface area contributed by atoms with Crippen LogP contribution in [0.2, 0.25) is 0 Å². The number of hydrogen-bond acceptors (Lipinski definition) is 3. The maximum Gasteiger partial charge on any atom is 0.0589 e. The summed E-state index contributed by atoms with van der Waals surface area (Å²) >= 11 is 1.69. The van der Waals surface area contributed by atoms with Gasteiger partial charge in [-0.25, -0.2) is 0 Å². The monoisotopic (exact) mass is 164 g/mol. The zero-order valence-corrected chi connectivity index (χ0v) is 6.98. The first-order valence-electron chi connectivity index (χ1n) is 3.37. The Labute approximate surface area is 68.7 Å². The second kappa shape index (κ2) is 2.20. The van der Waals surface area contributed by atoms with Crippen LogP contribution in [-0.4, -0.2) is 4.98 Å². The Hall–Kier alpha value is -1.09. The van der Waals surface area contributed by atoms with Crippen LogP contribution in [-0.2, 0) is 0 Å². The molecule has 0 aliphatic carbocycles. The fourth-order valence-electron chi connectivity index (χ4n) is 1.11. The van der Waals surface area contributed by atoms with Crippen molar-refractivity contribution in [3.05, 3.63) is 23.3 Å². The van der Waals surface area contributed by atoms with Crippen molar-refractivity contribution in [1.82, 2.24) is 4.98 Å². The summed E-state index contributed by atoms with van der Waals surface area (Å²) in [5.74, 6) is 0. The summed E-state index contributed by atoms with van der Waals surface area (Å²) < 4.78 is 1.20. The lowest BCUT2D eigenvalue weighted by atomic mass is 10.2. The zero-order chi connectivity index (χ0) is 7.84. The van der Waals surface area contributed by atoms with E-state index in [0.717, 1.165) is 16.8 Å². The number of nitrogen functional groups attached to an aromatic ring is 1. The first-order chi connectivity index (χ1) is 5.29. The van der Waals surface area contributed by atoms with Gasteiger partial charge in [-0.3, -0.25) is 4.98 Å². The fourth-order valence-corrected chi connectivity index (χ4v) is 1.99. The van der Waals surface area contributed by atoms with E-state index in [0.29, 0.717) is 0 Å². The van der Waals surface area contributed by atoms with Crippen LogP contribution in [0.25, 0.3) is 10.1 Å². The van der Waals surface area contributed by atoms with Gasteiger partial charge in [0.1, 0.15) is 0 Å². The fraction of sp³-hybridized carbons (Fsp3) is 0.125. The molecule has 0 saturated carbocycles. The minimum atomic E-state index is 0.770. The molecular weight excluding hydrogens is 156 g/mol. The van der Waals surface area contributed by atoms with Crippen LogP contribution in [0.15, 0.2) is 17.6 Å². The summed E-state index contributed by atoms with van der Waals surface area (Å²) in [7, 11) is 0. The first kappa shape index (κ1) is 6.61. The summed E-state index contributed by atoms with van der Waals surface area (Å²) in [5.41, 5.74) is 7.54. The van der Waals surface area contributed by atoms with Crippen LogP contribution in [0.4, 0.5) is 5.69 Å². The molecule has 0 atom stereocenters. The van der Waals surface area contributed by atoms with E-state index in [2.05, 4.69) is 4.98 Å². The second-order valence-electron chi connectivity index (χ2n) is 2.46. The summed E-state index contributed by atoms with van der Waals surface area (Å²) in [4.78, 5) is 4.16. The molecule has 0 aromatic carbocycles. The second-order valence-corrected chi connectivity index (χ2v) is 3.38. The van der Waals surface area contributed by atoms with Crippen molar-refractivity contribution >= 4 is 27.1 Å². The lowest BCUT2D eigenvalue weighted by Crippen LogP contribution is -1.88. The van der Waals surface area contributed by atoms with Crippen molar-refractivity contribution in [2.75, 3.05) is 5.73 Å². The molecule has 2 N–H and O–H groups in total. The Morgan fingerprint density at radius 3 is 3.09 bits per heavy atom. The predicted molar refractivity (Wildman–Crippen MR) is 48.8 cm³/mol. The molecule has 0 amide bonds. The number of fused-ring (bicyclic) bond motifs is 1. The van der Waals surface area contributed by atoms with Gasteiger partial charge >= 0.3 is 0 Å². The number of rotatable bonds is 0. The van der Waals surface area contributed by atoms with Crippen molar-refractivity contribution in [1.29, 1.82) is 0 Å². The molecular formula is C8H8N2S. The van der Waals surface area contributed by atoms with Gasteiger partial charge in [-0.15, -0.1) is 11.3 Å². The molecule has 0 spiro atoms. The molecule has 0 radical (unpaired) electrons. The quantitative estimate of drug-likeness (QED) is 0.648. The Morgan fingerprint density at radius 1 is 1.55 bits per heavy atom. The molecule has 2 rings (SSSR count). The third-order valence-corrected chi connectivity index (χ3v) is 2.73. The van der Waals surface area contributed by atoms with E-state index in [1.165, 1.54) is 4.70 Å². The van der Waals surface area contributed by atoms with E-state index in [-0.39, 0.29) is 0 Å². The topological polar surface area (TPSA) is 38.9 Å². The highest BCUT2D eigenvalue weighted by Crippen LogP contribution is 2.26. The number of hydrogen-bond donors (Lipinski definition) is 1. The van der Waals surface area contributed by atoms with Crippen molar-refractivity contribution in [3.63, 3.8) is 0 Å². The van der Waals surface area contributed by atoms with Crippen LogP contribution in [0.5, 0.6) is 0 Å². The van der Waals surface area contributed by atoms with E-state index in [9.17, 15) is 0 Å². The van der Waals surface area contributed by atoms with Crippen LogP contribution in [0.1, 0.15) is 5.69 Å². The summed E-state index contributed by atoms with van der Waals surface area (Å²) in [6, 6.07) is 2.03. The van der Waals surface area contributed by atoms with Crippen LogP contribution in [0, 0.1) is 6.92 Å². The highest BCUT2D eigenvalue weighted by Gasteiger charge is 2.01. The van der Waals surface area contributed by atoms with Gasteiger partial charge in [0.15, 0.2) is 0 Å². The Kier molecular flexibility index (Phi) is 1.32. The number of aryl methyl sites for hydroxylation is 1. The van der Waals surface area contributed by atoms with Gasteiger partial charge in [-0.05, 0) is 18.4 Å². The van der Waals surface area contributed by atoms with Gasteiger partial charge in [-0.2, -0.15) is 0 Å². The van der Waals surface area contributed by atoms with Crippen LogP contribution >= 0.6 is 11.3 Å². The molecule has 56 valence electrons. The largest absolute Gasteiger partial charge is 0.397 e. The molecule has 0 saturated heterocycles. The Balaban J connectivity index is 2.96. The molecule has 2 aromatic heterocycles. The number of nitrogens with two attached hydrogens (primary N) is 1. The first-order valence-corrected chi connectivity index (χ1v) is 4.25. The van der Waals surface area contributed by atoms with E-state index in [1.54, 1.807) is 17.5 Å². The average Bonchev–Trinajstić information content (AvgIpc) is 2.45. The SMILES string of the molecule is Cc1ncc(N)c2ccsc12. The van der Waals surface area contributed by atoms with Gasteiger partial charge < -0.3 is 5.73 Å². The zero-order valence-electron chi connectivity index (χ0n) is 6.16. The van der Waals surface area contributed by atoms with Gasteiger partial charge in [0.2, 0.25) is 0 Å². The Morgan fingerprint density at radius 2 is 2.36 bits per heavy atom. The number of thiophene rings is 1. The number of aromatic nitrogens is 1. The highest BCUT2D eigenvalue weighted by atomic mass is 32.1. The maximum atomic E-state index is 5.71. The molecule has 0 fully saturated rings. The normalized spacial score (nSPS) is 10.6. The molecule has 0 aliphatic heterocycles. The molecule has 11 heavy (non-hydrogen) atoms. The van der Waals surface area contributed by atoms with Gasteiger partial charge in [0, 0.05) is 5.39 Å². The van der Waals surface area contributed by atoms with Gasteiger partial charge in [0.05, 0.1) is 22.3 Å². The predicted octanol–water partition coefficient (Wildman–Crippen LogP) is 2.19. The minimum Gasteiger partial charge on any atom is -0.397 e. The minimum absolute atomic E-state index is 0.770. The van der Waals surface area contributed by atoms with E-state index in [1.807, 2.05) is 18.4 Å². The van der Waals surface area contributed by atoms with E-state index >= 15 is 0 Å². The number of nitrogens with zero attached hydrogens (tertiary/aromatic N) is 1. The van der Waals surface area contributed by atoms with Crippen molar-refractivity contribution in [3.8, 4) is 0 Å². The molecule has 0 aliphatic rings. The lowest BCUT2D eigenvalue weighted by molar-refractivity contribution is 1.25. The lowest BCUT2D eigenvalue weighted by Gasteiger charge is -1.96.